The fraction of sp³-hybridized carbons (Fsp3) is 0.600. The number of carbonyl (C=O) groups excluding carboxylic acids is 2. The molecule has 152 valence electrons. The Morgan fingerprint density at radius 1 is 1.36 bits per heavy atom. The number of aromatic nitrogens is 3. The average molecular weight is 405 g/mol. The Balaban J connectivity index is 1.55. The molecule has 0 spiro atoms. The number of rotatable bonds is 7. The Bertz CT molecular complexity index is 909. The predicted octanol–water partition coefficient (Wildman–Crippen LogP) is 2.42. The van der Waals surface area contributed by atoms with E-state index in [0.717, 1.165) is 30.7 Å². The highest BCUT2D eigenvalue weighted by Gasteiger charge is 2.22. The van der Waals surface area contributed by atoms with E-state index in [1.54, 1.807) is 15.3 Å². The Morgan fingerprint density at radius 3 is 2.82 bits per heavy atom. The summed E-state index contributed by atoms with van der Waals surface area (Å²) in [7, 11) is 0. The summed E-state index contributed by atoms with van der Waals surface area (Å²) in [6, 6.07) is 1.82. The van der Waals surface area contributed by atoms with Gasteiger partial charge >= 0.3 is 5.69 Å². The Morgan fingerprint density at radius 2 is 2.14 bits per heavy atom. The van der Waals surface area contributed by atoms with Crippen molar-refractivity contribution >= 4 is 23.0 Å². The molecule has 0 aliphatic carbocycles. The molecular weight excluding hydrogens is 376 g/mol. The number of hydrogen-bond acceptors (Lipinski definition) is 5. The van der Waals surface area contributed by atoms with E-state index >= 15 is 0 Å². The van der Waals surface area contributed by atoms with Crippen LogP contribution in [0, 0.1) is 5.92 Å². The van der Waals surface area contributed by atoms with Gasteiger partial charge in [-0.05, 0) is 49.1 Å². The molecule has 1 aliphatic heterocycles. The molecule has 1 unspecified atom stereocenters. The molecule has 0 saturated carbocycles. The fourth-order valence-corrected chi connectivity index (χ4v) is 4.23. The predicted molar refractivity (Wildman–Crippen MR) is 109 cm³/mol. The number of nitrogens with zero attached hydrogens (tertiary/aromatic N) is 3. The maximum atomic E-state index is 12.6. The van der Waals surface area contributed by atoms with Gasteiger partial charge < -0.3 is 5.32 Å². The molecule has 0 saturated heterocycles. The molecule has 0 fully saturated rings. The van der Waals surface area contributed by atoms with E-state index < -0.39 is 0 Å². The Kier molecular flexibility index (Phi) is 6.49. The lowest BCUT2D eigenvalue weighted by Crippen LogP contribution is -2.36. The molecule has 0 radical (unpaired) electrons. The minimum Gasteiger partial charge on any atom is -0.353 e. The smallest absolute Gasteiger partial charge is 0.345 e. The minimum absolute atomic E-state index is 0.0221. The molecule has 1 amide bonds. The monoisotopic (exact) mass is 404 g/mol. The third-order valence-electron chi connectivity index (χ3n) is 5.07. The molecule has 8 heteroatoms. The largest absolute Gasteiger partial charge is 0.353 e. The van der Waals surface area contributed by atoms with Crippen molar-refractivity contribution in [2.75, 3.05) is 0 Å². The number of aryl methyl sites for hydroxylation is 2. The van der Waals surface area contributed by atoms with Crippen molar-refractivity contribution in [2.45, 2.75) is 72.0 Å². The zero-order valence-corrected chi connectivity index (χ0v) is 17.6. The molecule has 0 aromatic carbocycles. The van der Waals surface area contributed by atoms with Crippen LogP contribution in [0.1, 0.15) is 61.1 Å². The molecule has 7 nitrogen and oxygen atoms in total. The quantitative estimate of drug-likeness (QED) is 0.718. The summed E-state index contributed by atoms with van der Waals surface area (Å²) < 4.78 is 3.34. The van der Waals surface area contributed by atoms with Crippen LogP contribution >= 0.6 is 11.3 Å². The highest BCUT2D eigenvalue weighted by molar-refractivity contribution is 7.12. The van der Waals surface area contributed by atoms with E-state index in [1.807, 2.05) is 5.38 Å². The summed E-state index contributed by atoms with van der Waals surface area (Å²) in [6.07, 6.45) is 3.38. The molecule has 1 atom stereocenters. The van der Waals surface area contributed by atoms with E-state index in [4.69, 9.17) is 0 Å². The molecule has 28 heavy (non-hydrogen) atoms. The second-order valence-electron chi connectivity index (χ2n) is 7.90. The van der Waals surface area contributed by atoms with Crippen LogP contribution in [-0.4, -0.2) is 32.1 Å². The molecule has 3 heterocycles. The van der Waals surface area contributed by atoms with E-state index in [-0.39, 0.29) is 29.8 Å². The fourth-order valence-electron chi connectivity index (χ4n) is 3.42. The maximum Gasteiger partial charge on any atom is 0.345 e. The van der Waals surface area contributed by atoms with Gasteiger partial charge in [0.05, 0.1) is 11.3 Å². The number of fused-ring (bicyclic) bond motifs is 1. The van der Waals surface area contributed by atoms with Gasteiger partial charge in [0, 0.05) is 25.6 Å². The molecule has 1 aliphatic rings. The summed E-state index contributed by atoms with van der Waals surface area (Å²) in [5.74, 6) is 1.32. The first-order valence-electron chi connectivity index (χ1n) is 9.87. The molecular formula is C20H28N4O3S. The first-order valence-corrected chi connectivity index (χ1v) is 10.8. The molecule has 1 N–H and O–H groups in total. The summed E-state index contributed by atoms with van der Waals surface area (Å²) in [5.41, 5.74) is 0.819. The van der Waals surface area contributed by atoms with E-state index in [9.17, 15) is 14.4 Å². The standard InChI is InChI=1S/C20H28N4O3S/c1-13(2)6-9-24-20(27)23-8-7-16(4-5-18(23)22-24)21-19(26)11-15-10-17(14(3)25)28-12-15/h10,12-13,16H,4-9,11H2,1-3H3,(H,21,26). The molecule has 3 rings (SSSR count). The first-order chi connectivity index (χ1) is 13.3. The second-order valence-corrected chi connectivity index (χ2v) is 8.81. The van der Waals surface area contributed by atoms with Crippen molar-refractivity contribution < 1.29 is 9.59 Å². The van der Waals surface area contributed by atoms with Gasteiger partial charge in [0.2, 0.25) is 5.91 Å². The van der Waals surface area contributed by atoms with E-state index in [0.29, 0.717) is 30.3 Å². The molecule has 0 bridgehead atoms. The summed E-state index contributed by atoms with van der Waals surface area (Å²) in [6.45, 7) is 7.03. The van der Waals surface area contributed by atoms with Gasteiger partial charge in [-0.25, -0.2) is 9.48 Å². The van der Waals surface area contributed by atoms with Crippen LogP contribution in [0.25, 0.3) is 0 Å². The second kappa shape index (κ2) is 8.86. The van der Waals surface area contributed by atoms with Crippen LogP contribution in [-0.2, 0) is 30.7 Å². The van der Waals surface area contributed by atoms with Crippen molar-refractivity contribution in [1.29, 1.82) is 0 Å². The number of carbonyl (C=O) groups is 2. The number of Topliss-reactive ketones (excluding diaryl/α,β-unsaturated/α-hetero) is 1. The van der Waals surface area contributed by atoms with Gasteiger partial charge in [0.25, 0.3) is 0 Å². The molecule has 2 aromatic rings. The zero-order chi connectivity index (χ0) is 20.3. The normalized spacial score (nSPS) is 16.6. The van der Waals surface area contributed by atoms with E-state index in [1.165, 1.54) is 18.3 Å². The van der Waals surface area contributed by atoms with Crippen LogP contribution in [0.2, 0.25) is 0 Å². The third-order valence-corrected chi connectivity index (χ3v) is 6.15. The van der Waals surface area contributed by atoms with Crippen molar-refractivity contribution in [2.24, 2.45) is 5.92 Å². The topological polar surface area (TPSA) is 86.0 Å². The lowest BCUT2D eigenvalue weighted by Gasteiger charge is -2.15. The van der Waals surface area contributed by atoms with Crippen molar-refractivity contribution in [3.8, 4) is 0 Å². The summed E-state index contributed by atoms with van der Waals surface area (Å²) >= 11 is 1.37. The van der Waals surface area contributed by atoms with Crippen molar-refractivity contribution in [1.82, 2.24) is 19.7 Å². The van der Waals surface area contributed by atoms with Gasteiger partial charge in [0.1, 0.15) is 5.82 Å². The first kappa shape index (κ1) is 20.5. The lowest BCUT2D eigenvalue weighted by atomic mass is 10.1. The highest BCUT2D eigenvalue weighted by atomic mass is 32.1. The van der Waals surface area contributed by atoms with Gasteiger partial charge in [0.15, 0.2) is 5.78 Å². The maximum absolute atomic E-state index is 12.6. The van der Waals surface area contributed by atoms with Crippen molar-refractivity contribution in [3.05, 3.63) is 38.2 Å². The summed E-state index contributed by atoms with van der Waals surface area (Å²) in [4.78, 5) is 37.0. The number of nitrogens with one attached hydrogen (secondary N) is 1. The number of ketones is 1. The Labute approximate surface area is 168 Å². The van der Waals surface area contributed by atoms with Crippen LogP contribution < -0.4 is 11.0 Å². The van der Waals surface area contributed by atoms with Gasteiger partial charge in [-0.3, -0.25) is 14.2 Å². The van der Waals surface area contributed by atoms with Crippen LogP contribution in [0.4, 0.5) is 0 Å². The SMILES string of the molecule is CC(=O)c1cc(CC(=O)NC2CCc3nn(CCC(C)C)c(=O)n3CC2)cs1. The van der Waals surface area contributed by atoms with Gasteiger partial charge in [-0.15, -0.1) is 11.3 Å². The number of amides is 1. The number of thiophene rings is 1. The van der Waals surface area contributed by atoms with Crippen molar-refractivity contribution in [3.63, 3.8) is 0 Å². The zero-order valence-electron chi connectivity index (χ0n) is 16.7. The molecule has 2 aromatic heterocycles. The van der Waals surface area contributed by atoms with Crippen LogP contribution in [0.15, 0.2) is 16.2 Å². The average Bonchev–Trinajstić information content (AvgIpc) is 3.14. The van der Waals surface area contributed by atoms with Gasteiger partial charge in [-0.1, -0.05) is 13.8 Å². The third kappa shape index (κ3) is 4.98. The van der Waals surface area contributed by atoms with Gasteiger partial charge in [-0.2, -0.15) is 5.10 Å². The number of hydrogen-bond donors (Lipinski definition) is 1. The van der Waals surface area contributed by atoms with Crippen LogP contribution in [0.3, 0.4) is 0 Å². The Hall–Kier alpha value is -2.22. The lowest BCUT2D eigenvalue weighted by molar-refractivity contribution is -0.121. The highest BCUT2D eigenvalue weighted by Crippen LogP contribution is 2.17. The van der Waals surface area contributed by atoms with E-state index in [2.05, 4.69) is 24.3 Å². The minimum atomic E-state index is -0.0493. The van der Waals surface area contributed by atoms with Crippen LogP contribution in [0.5, 0.6) is 0 Å². The summed E-state index contributed by atoms with van der Waals surface area (Å²) in [5, 5.41) is 9.44.